The van der Waals surface area contributed by atoms with Gasteiger partial charge in [0.15, 0.2) is 0 Å². The van der Waals surface area contributed by atoms with Crippen LogP contribution in [-0.2, 0) is 11.3 Å². The van der Waals surface area contributed by atoms with E-state index in [-0.39, 0.29) is 0 Å². The van der Waals surface area contributed by atoms with Crippen molar-refractivity contribution in [2.24, 2.45) is 0 Å². The van der Waals surface area contributed by atoms with Crippen LogP contribution in [0.25, 0.3) is 0 Å². The van der Waals surface area contributed by atoms with Crippen molar-refractivity contribution >= 4 is 14.3 Å². The summed E-state index contributed by atoms with van der Waals surface area (Å²) in [6, 6.07) is 0. The Kier molecular flexibility index (Phi) is 9.50. The average Bonchev–Trinajstić information content (AvgIpc) is 2.29. The number of hydrogen-bond donors (Lipinski definition) is 0. The van der Waals surface area contributed by atoms with Crippen LogP contribution in [0.1, 0.15) is 40.0 Å². The molecule has 0 aliphatic carbocycles. The maximum atomic E-state index is 5.76. The Labute approximate surface area is 97.2 Å². The van der Waals surface area contributed by atoms with E-state index in [1.54, 1.807) is 4.91 Å². The summed E-state index contributed by atoms with van der Waals surface area (Å²) in [6.07, 6.45) is 2.93. The van der Waals surface area contributed by atoms with Crippen LogP contribution >= 0.6 is 0 Å². The van der Waals surface area contributed by atoms with E-state index in [9.17, 15) is 0 Å². The molecular formula is C11H24GeO3. The zero-order valence-corrected chi connectivity index (χ0v) is 12.3. The van der Waals surface area contributed by atoms with E-state index in [2.05, 4.69) is 27.4 Å². The average molecular weight is 277 g/mol. The molecule has 0 aromatic rings. The Hall–Kier alpha value is 0.163. The molecule has 0 radical (unpaired) electrons. The third-order valence-corrected chi connectivity index (χ3v) is 6.64. The predicted molar refractivity (Wildman–Crippen MR) is 64.7 cm³/mol. The van der Waals surface area contributed by atoms with Crippen LogP contribution in [0.3, 0.4) is 0 Å². The fourth-order valence-corrected chi connectivity index (χ4v) is 5.38. The first-order chi connectivity index (χ1) is 7.24. The summed E-state index contributed by atoms with van der Waals surface area (Å²) < 4.78 is 17.3. The van der Waals surface area contributed by atoms with E-state index in [0.29, 0.717) is 19.8 Å². The van der Waals surface area contributed by atoms with Crippen molar-refractivity contribution in [3.05, 3.63) is 11.5 Å². The molecule has 0 unspecified atom stereocenters. The van der Waals surface area contributed by atoms with E-state index in [0.717, 1.165) is 19.3 Å². The van der Waals surface area contributed by atoms with Crippen molar-refractivity contribution in [2.45, 2.75) is 40.0 Å². The van der Waals surface area contributed by atoms with Gasteiger partial charge in [-0.05, 0) is 0 Å². The molecule has 0 spiro atoms. The third kappa shape index (κ3) is 6.35. The molecule has 0 saturated carbocycles. The van der Waals surface area contributed by atoms with Crippen molar-refractivity contribution in [3.63, 3.8) is 0 Å². The van der Waals surface area contributed by atoms with Crippen molar-refractivity contribution in [1.29, 1.82) is 0 Å². The molecule has 0 aliphatic rings. The molecule has 0 atom stereocenters. The minimum atomic E-state index is -3.10. The monoisotopic (exact) mass is 278 g/mol. The Morgan fingerprint density at radius 3 is 1.40 bits per heavy atom. The first kappa shape index (κ1) is 15.2. The molecule has 0 aliphatic heterocycles. The van der Waals surface area contributed by atoms with Crippen LogP contribution in [0.5, 0.6) is 0 Å². The van der Waals surface area contributed by atoms with E-state index >= 15 is 0 Å². The molecule has 0 aromatic carbocycles. The van der Waals surface area contributed by atoms with Gasteiger partial charge in [0, 0.05) is 0 Å². The van der Waals surface area contributed by atoms with Gasteiger partial charge < -0.3 is 0 Å². The Balaban J connectivity index is 4.23. The van der Waals surface area contributed by atoms with E-state index in [1.165, 1.54) is 0 Å². The first-order valence-electron chi connectivity index (χ1n) is 5.80. The fraction of sp³-hybridized carbons (Fsp3) is 0.818. The molecule has 0 saturated heterocycles. The van der Waals surface area contributed by atoms with Gasteiger partial charge in [-0.3, -0.25) is 0 Å². The molecule has 90 valence electrons. The van der Waals surface area contributed by atoms with Gasteiger partial charge in [-0.2, -0.15) is 0 Å². The molecular weight excluding hydrogens is 253 g/mol. The maximum absolute atomic E-state index is 5.76. The van der Waals surface area contributed by atoms with Gasteiger partial charge in [0.1, 0.15) is 0 Å². The summed E-state index contributed by atoms with van der Waals surface area (Å²) >= 11 is -3.10. The Morgan fingerprint density at radius 2 is 1.20 bits per heavy atom. The summed E-state index contributed by atoms with van der Waals surface area (Å²) in [7, 11) is 0. The quantitative estimate of drug-likeness (QED) is 0.574. The molecule has 4 heteroatoms. The summed E-state index contributed by atoms with van der Waals surface area (Å²) in [5.41, 5.74) is 0. The zero-order valence-electron chi connectivity index (χ0n) is 10.3. The summed E-state index contributed by atoms with van der Waals surface area (Å²) in [5, 5.41) is 0. The van der Waals surface area contributed by atoms with Gasteiger partial charge in [0.05, 0.1) is 0 Å². The minimum absolute atomic E-state index is 0.694. The summed E-state index contributed by atoms with van der Waals surface area (Å²) in [6.45, 7) is 12.1. The van der Waals surface area contributed by atoms with Crippen molar-refractivity contribution in [3.8, 4) is 0 Å². The molecule has 3 nitrogen and oxygen atoms in total. The van der Waals surface area contributed by atoms with Crippen molar-refractivity contribution in [2.75, 3.05) is 19.8 Å². The molecule has 0 N–H and O–H groups in total. The van der Waals surface area contributed by atoms with E-state index in [4.69, 9.17) is 11.3 Å². The predicted octanol–water partition coefficient (Wildman–Crippen LogP) is 2.93. The third-order valence-electron chi connectivity index (χ3n) is 1.77. The number of rotatable bonds is 10. The van der Waals surface area contributed by atoms with Gasteiger partial charge in [-0.15, -0.1) is 0 Å². The van der Waals surface area contributed by atoms with Crippen molar-refractivity contribution < 1.29 is 11.3 Å². The van der Waals surface area contributed by atoms with Gasteiger partial charge in [0.2, 0.25) is 0 Å². The van der Waals surface area contributed by atoms with Crippen LogP contribution in [0.2, 0.25) is 0 Å². The molecule has 15 heavy (non-hydrogen) atoms. The molecule has 0 aromatic heterocycles. The van der Waals surface area contributed by atoms with Gasteiger partial charge in [0.25, 0.3) is 0 Å². The standard InChI is InChI=1S/C11H24GeO3/c1-5-9-13-12(8-4,14-10-6-2)15-11-7-3/h8H,4-7,9-11H2,1-3H3. The van der Waals surface area contributed by atoms with Crippen LogP contribution in [-0.4, -0.2) is 34.1 Å². The van der Waals surface area contributed by atoms with Gasteiger partial charge >= 0.3 is 96.9 Å². The van der Waals surface area contributed by atoms with Crippen molar-refractivity contribution in [1.82, 2.24) is 0 Å². The van der Waals surface area contributed by atoms with E-state index in [1.807, 2.05) is 0 Å². The normalized spacial score (nSPS) is 11.7. The number of hydrogen-bond acceptors (Lipinski definition) is 3. The second-order valence-electron chi connectivity index (χ2n) is 3.35. The summed E-state index contributed by atoms with van der Waals surface area (Å²) in [5.74, 6) is 0. The van der Waals surface area contributed by atoms with Crippen LogP contribution in [0.15, 0.2) is 11.5 Å². The second kappa shape index (κ2) is 9.39. The topological polar surface area (TPSA) is 27.7 Å². The molecule has 0 bridgehead atoms. The molecule has 0 fully saturated rings. The Bertz CT molecular complexity index is 140. The van der Waals surface area contributed by atoms with E-state index < -0.39 is 14.3 Å². The first-order valence-corrected chi connectivity index (χ1v) is 9.58. The second-order valence-corrected chi connectivity index (χ2v) is 8.56. The zero-order chi connectivity index (χ0) is 11.6. The Morgan fingerprint density at radius 1 is 0.867 bits per heavy atom. The molecule has 0 amide bonds. The van der Waals surface area contributed by atoms with Crippen LogP contribution in [0, 0.1) is 0 Å². The van der Waals surface area contributed by atoms with Gasteiger partial charge in [-0.25, -0.2) is 0 Å². The molecule has 0 rings (SSSR count). The van der Waals surface area contributed by atoms with Gasteiger partial charge in [-0.1, -0.05) is 0 Å². The summed E-state index contributed by atoms with van der Waals surface area (Å²) in [4.78, 5) is 1.78. The fourth-order valence-electron chi connectivity index (χ4n) is 1.03. The molecule has 0 heterocycles. The van der Waals surface area contributed by atoms with Crippen LogP contribution < -0.4 is 0 Å². The van der Waals surface area contributed by atoms with Crippen LogP contribution in [0.4, 0.5) is 0 Å². The SMILES string of the molecule is C=[CH][Ge]([O]CCC)([O]CCC)[O]CCC.